The van der Waals surface area contributed by atoms with Crippen LogP contribution in [0.25, 0.3) is 11.5 Å². The molecule has 0 atom stereocenters. The third-order valence-corrected chi connectivity index (χ3v) is 2.64. The minimum atomic E-state index is 0.685. The molecule has 0 bridgehead atoms. The molecule has 0 unspecified atom stereocenters. The fourth-order valence-corrected chi connectivity index (χ4v) is 1.65. The quantitative estimate of drug-likeness (QED) is 0.762. The topological polar surface area (TPSA) is 60.4 Å². The van der Waals surface area contributed by atoms with Crippen LogP contribution in [0, 0.1) is 6.92 Å². The van der Waals surface area contributed by atoms with E-state index in [-0.39, 0.29) is 0 Å². The van der Waals surface area contributed by atoms with Crippen LogP contribution in [0.15, 0.2) is 27.4 Å². The molecule has 2 rings (SSSR count). The number of oxazole rings is 1. The van der Waals surface area contributed by atoms with Crippen molar-refractivity contribution in [1.82, 2.24) is 10.3 Å². The molecule has 1 N–H and O–H groups in total. The van der Waals surface area contributed by atoms with Gasteiger partial charge in [-0.3, -0.25) is 0 Å². The molecule has 18 heavy (non-hydrogen) atoms. The average Bonchev–Trinajstić information content (AvgIpc) is 2.97. The Morgan fingerprint density at radius 2 is 2.28 bits per heavy atom. The summed E-state index contributed by atoms with van der Waals surface area (Å²) in [7, 11) is 1.69. The highest BCUT2D eigenvalue weighted by Gasteiger charge is 2.11. The molecule has 2 heterocycles. The van der Waals surface area contributed by atoms with Gasteiger partial charge < -0.3 is 18.9 Å². The van der Waals surface area contributed by atoms with Crippen molar-refractivity contribution in [3.8, 4) is 11.5 Å². The molecule has 5 nitrogen and oxygen atoms in total. The van der Waals surface area contributed by atoms with E-state index in [4.69, 9.17) is 13.6 Å². The molecule has 0 amide bonds. The summed E-state index contributed by atoms with van der Waals surface area (Å²) in [5.74, 6) is 2.15. The van der Waals surface area contributed by atoms with Crippen LogP contribution in [-0.4, -0.2) is 31.8 Å². The Labute approximate surface area is 106 Å². The first kappa shape index (κ1) is 12.9. The van der Waals surface area contributed by atoms with E-state index >= 15 is 0 Å². The molecule has 0 aliphatic carbocycles. The molecule has 0 spiro atoms. The van der Waals surface area contributed by atoms with Crippen LogP contribution in [-0.2, 0) is 11.2 Å². The molecular weight excluding hydrogens is 232 g/mol. The number of ether oxygens (including phenoxy) is 1. The summed E-state index contributed by atoms with van der Waals surface area (Å²) in [6, 6.07) is 1.91. The lowest BCUT2D eigenvalue weighted by atomic mass is 10.2. The molecule has 0 radical (unpaired) electrons. The first-order chi connectivity index (χ1) is 8.81. The molecule has 98 valence electrons. The third kappa shape index (κ3) is 3.21. The van der Waals surface area contributed by atoms with Crippen molar-refractivity contribution in [2.75, 3.05) is 26.8 Å². The van der Waals surface area contributed by atoms with Gasteiger partial charge in [-0.15, -0.1) is 0 Å². The Kier molecular flexibility index (Phi) is 4.55. The Morgan fingerprint density at radius 1 is 1.39 bits per heavy atom. The van der Waals surface area contributed by atoms with Crippen LogP contribution in [0.2, 0.25) is 0 Å². The molecule has 0 saturated carbocycles. The van der Waals surface area contributed by atoms with Gasteiger partial charge in [-0.25, -0.2) is 4.98 Å². The summed E-state index contributed by atoms with van der Waals surface area (Å²) in [4.78, 5) is 4.23. The number of hydrogen-bond acceptors (Lipinski definition) is 5. The molecule has 0 aliphatic heterocycles. The number of nitrogens with one attached hydrogen (secondary N) is 1. The highest BCUT2D eigenvalue weighted by molar-refractivity contribution is 5.53. The SMILES string of the molecule is COCCNCCc1ncc(-c2occc2C)o1. The standard InChI is InChI=1S/C13H18N2O3/c1-10-4-7-17-13(10)11-9-15-12(18-11)3-5-14-6-8-16-2/h4,7,9,14H,3,5-6,8H2,1-2H3. The van der Waals surface area contributed by atoms with Crippen LogP contribution in [0.4, 0.5) is 0 Å². The first-order valence-electron chi connectivity index (χ1n) is 6.00. The van der Waals surface area contributed by atoms with Crippen molar-refractivity contribution < 1.29 is 13.6 Å². The van der Waals surface area contributed by atoms with E-state index in [2.05, 4.69) is 10.3 Å². The Bertz CT molecular complexity index is 476. The summed E-state index contributed by atoms with van der Waals surface area (Å²) >= 11 is 0. The van der Waals surface area contributed by atoms with Crippen molar-refractivity contribution in [3.05, 3.63) is 30.0 Å². The monoisotopic (exact) mass is 250 g/mol. The summed E-state index contributed by atoms with van der Waals surface area (Å²) < 4.78 is 15.9. The van der Waals surface area contributed by atoms with Crippen LogP contribution >= 0.6 is 0 Å². The average molecular weight is 250 g/mol. The maximum absolute atomic E-state index is 5.64. The molecule has 0 saturated heterocycles. The Hall–Kier alpha value is -1.59. The summed E-state index contributed by atoms with van der Waals surface area (Å²) in [5.41, 5.74) is 1.05. The molecule has 2 aromatic rings. The Morgan fingerprint density at radius 3 is 3.00 bits per heavy atom. The smallest absolute Gasteiger partial charge is 0.196 e. The number of methoxy groups -OCH3 is 1. The van der Waals surface area contributed by atoms with Crippen molar-refractivity contribution in [3.63, 3.8) is 0 Å². The Balaban J connectivity index is 1.85. The van der Waals surface area contributed by atoms with E-state index in [1.54, 1.807) is 19.6 Å². The van der Waals surface area contributed by atoms with E-state index in [0.29, 0.717) is 18.3 Å². The maximum atomic E-state index is 5.64. The van der Waals surface area contributed by atoms with Crippen molar-refractivity contribution in [2.24, 2.45) is 0 Å². The van der Waals surface area contributed by atoms with Crippen LogP contribution < -0.4 is 5.32 Å². The highest BCUT2D eigenvalue weighted by atomic mass is 16.5. The largest absolute Gasteiger partial charge is 0.461 e. The minimum absolute atomic E-state index is 0.685. The maximum Gasteiger partial charge on any atom is 0.196 e. The van der Waals surface area contributed by atoms with Gasteiger partial charge in [-0.05, 0) is 18.6 Å². The van der Waals surface area contributed by atoms with Crippen molar-refractivity contribution in [2.45, 2.75) is 13.3 Å². The van der Waals surface area contributed by atoms with Gasteiger partial charge in [0, 0.05) is 26.6 Å². The highest BCUT2D eigenvalue weighted by Crippen LogP contribution is 2.24. The second-order valence-corrected chi connectivity index (χ2v) is 4.04. The molecule has 0 aromatic carbocycles. The zero-order valence-corrected chi connectivity index (χ0v) is 10.7. The summed E-state index contributed by atoms with van der Waals surface area (Å²) in [5, 5.41) is 3.24. The lowest BCUT2D eigenvalue weighted by Gasteiger charge is -2.01. The van der Waals surface area contributed by atoms with E-state index in [9.17, 15) is 0 Å². The van der Waals surface area contributed by atoms with E-state index in [1.165, 1.54) is 0 Å². The van der Waals surface area contributed by atoms with Gasteiger partial charge in [0.05, 0.1) is 19.1 Å². The van der Waals surface area contributed by atoms with E-state index < -0.39 is 0 Å². The predicted molar refractivity (Wildman–Crippen MR) is 67.4 cm³/mol. The van der Waals surface area contributed by atoms with Crippen LogP contribution in [0.5, 0.6) is 0 Å². The minimum Gasteiger partial charge on any atom is -0.461 e. The van der Waals surface area contributed by atoms with Gasteiger partial charge in [0.1, 0.15) is 0 Å². The lowest BCUT2D eigenvalue weighted by molar-refractivity contribution is 0.199. The zero-order chi connectivity index (χ0) is 12.8. The van der Waals surface area contributed by atoms with Gasteiger partial charge in [0.25, 0.3) is 0 Å². The van der Waals surface area contributed by atoms with Crippen molar-refractivity contribution in [1.29, 1.82) is 0 Å². The molecule has 0 fully saturated rings. The van der Waals surface area contributed by atoms with Gasteiger partial charge >= 0.3 is 0 Å². The molecular formula is C13H18N2O3. The van der Waals surface area contributed by atoms with Crippen molar-refractivity contribution >= 4 is 0 Å². The van der Waals surface area contributed by atoms with E-state index in [1.807, 2.05) is 13.0 Å². The van der Waals surface area contributed by atoms with Gasteiger partial charge in [0.15, 0.2) is 17.4 Å². The summed E-state index contributed by atoms with van der Waals surface area (Å²) in [6.07, 6.45) is 4.11. The fourth-order valence-electron chi connectivity index (χ4n) is 1.65. The second-order valence-electron chi connectivity index (χ2n) is 4.04. The van der Waals surface area contributed by atoms with E-state index in [0.717, 1.165) is 30.8 Å². The van der Waals surface area contributed by atoms with Crippen LogP contribution in [0.1, 0.15) is 11.5 Å². The third-order valence-electron chi connectivity index (χ3n) is 2.64. The molecule has 0 aliphatic rings. The van der Waals surface area contributed by atoms with Gasteiger partial charge in [0.2, 0.25) is 0 Å². The molecule has 2 aromatic heterocycles. The predicted octanol–water partition coefficient (Wildman–Crippen LogP) is 2.02. The number of aromatic nitrogens is 1. The van der Waals surface area contributed by atoms with Gasteiger partial charge in [-0.2, -0.15) is 0 Å². The second kappa shape index (κ2) is 6.37. The number of aryl methyl sites for hydroxylation is 1. The first-order valence-corrected chi connectivity index (χ1v) is 6.00. The zero-order valence-electron chi connectivity index (χ0n) is 10.7. The summed E-state index contributed by atoms with van der Waals surface area (Å²) in [6.45, 7) is 4.34. The lowest BCUT2D eigenvalue weighted by Crippen LogP contribution is -2.21. The number of rotatable bonds is 7. The van der Waals surface area contributed by atoms with Gasteiger partial charge in [-0.1, -0.05) is 0 Å². The number of nitrogens with zero attached hydrogens (tertiary/aromatic N) is 1. The van der Waals surface area contributed by atoms with Crippen LogP contribution in [0.3, 0.4) is 0 Å². The fraction of sp³-hybridized carbons (Fsp3) is 0.462. The number of furan rings is 1. The number of hydrogen-bond donors (Lipinski definition) is 1. The normalized spacial score (nSPS) is 11.0. The molecule has 5 heteroatoms.